The molecular formula is C10H12N2O3S. The van der Waals surface area contributed by atoms with Crippen LogP contribution in [0.1, 0.15) is 17.1 Å². The van der Waals surface area contributed by atoms with E-state index in [1.807, 2.05) is 11.8 Å². The second kappa shape index (κ2) is 4.69. The summed E-state index contributed by atoms with van der Waals surface area (Å²) in [5.41, 5.74) is 1.94. The van der Waals surface area contributed by atoms with Crippen LogP contribution in [0, 0.1) is 0 Å². The first-order valence-electron chi connectivity index (χ1n) is 4.93. The molecule has 2 heterocycles. The number of carboxylic acid groups (broad SMARTS) is 1. The fourth-order valence-corrected chi connectivity index (χ4v) is 2.61. The molecule has 0 radical (unpaired) electrons. The highest BCUT2D eigenvalue weighted by Gasteiger charge is 2.19. The lowest BCUT2D eigenvalue weighted by molar-refractivity contribution is -0.136. The van der Waals surface area contributed by atoms with Crippen LogP contribution < -0.4 is 4.74 Å². The molecular weight excluding hydrogens is 228 g/mol. The minimum Gasteiger partial charge on any atom is -0.481 e. The van der Waals surface area contributed by atoms with E-state index < -0.39 is 5.97 Å². The number of hydrogen-bond donors (Lipinski definition) is 1. The fourth-order valence-electron chi connectivity index (χ4n) is 1.63. The minimum absolute atomic E-state index is 0.156. The van der Waals surface area contributed by atoms with E-state index in [-0.39, 0.29) is 6.42 Å². The summed E-state index contributed by atoms with van der Waals surface area (Å²) in [6, 6.07) is 0. The van der Waals surface area contributed by atoms with Crippen LogP contribution in [0.2, 0.25) is 0 Å². The van der Waals surface area contributed by atoms with E-state index in [1.165, 1.54) is 0 Å². The number of aliphatic carboxylic acids is 1. The molecule has 1 N–H and O–H groups in total. The third-order valence-electron chi connectivity index (χ3n) is 2.33. The summed E-state index contributed by atoms with van der Waals surface area (Å²) in [6.45, 7) is 0. The lowest BCUT2D eigenvalue weighted by Crippen LogP contribution is -2.14. The molecule has 0 bridgehead atoms. The molecule has 0 saturated carbocycles. The van der Waals surface area contributed by atoms with Gasteiger partial charge in [-0.2, -0.15) is 16.7 Å². The van der Waals surface area contributed by atoms with Crippen molar-refractivity contribution < 1.29 is 14.6 Å². The van der Waals surface area contributed by atoms with Gasteiger partial charge in [-0.3, -0.25) is 4.79 Å². The van der Waals surface area contributed by atoms with Crippen LogP contribution in [-0.4, -0.2) is 33.9 Å². The van der Waals surface area contributed by atoms with E-state index >= 15 is 0 Å². The average molecular weight is 240 g/mol. The van der Waals surface area contributed by atoms with Gasteiger partial charge >= 0.3 is 5.97 Å². The zero-order chi connectivity index (χ0) is 11.5. The third kappa shape index (κ3) is 2.27. The number of aryl methyl sites for hydroxylation is 1. The summed E-state index contributed by atoms with van der Waals surface area (Å²) in [4.78, 5) is 19.0. The zero-order valence-electron chi connectivity index (χ0n) is 8.89. The van der Waals surface area contributed by atoms with Crippen molar-refractivity contribution in [2.24, 2.45) is 0 Å². The first-order valence-corrected chi connectivity index (χ1v) is 6.08. The zero-order valence-corrected chi connectivity index (χ0v) is 9.71. The smallest absolute Gasteiger partial charge is 0.311 e. The number of thioether (sulfide) groups is 1. The van der Waals surface area contributed by atoms with E-state index in [2.05, 4.69) is 9.97 Å². The molecule has 0 atom stereocenters. The molecule has 0 amide bonds. The lowest BCUT2D eigenvalue weighted by Gasteiger charge is -2.17. The van der Waals surface area contributed by atoms with Gasteiger partial charge in [-0.25, -0.2) is 4.98 Å². The molecule has 1 aliphatic heterocycles. The molecule has 6 heteroatoms. The Morgan fingerprint density at radius 1 is 1.56 bits per heavy atom. The van der Waals surface area contributed by atoms with Gasteiger partial charge in [-0.15, -0.1) is 0 Å². The molecule has 1 aliphatic rings. The molecule has 1 aromatic heterocycles. The number of carboxylic acids is 1. The predicted molar refractivity (Wildman–Crippen MR) is 59.8 cm³/mol. The van der Waals surface area contributed by atoms with Crippen molar-refractivity contribution in [3.8, 4) is 5.88 Å². The third-order valence-corrected chi connectivity index (χ3v) is 3.32. The highest BCUT2D eigenvalue weighted by molar-refractivity contribution is 7.98. The quantitative estimate of drug-likeness (QED) is 0.846. The highest BCUT2D eigenvalue weighted by atomic mass is 32.2. The number of carbonyl (C=O) groups is 1. The normalized spacial score (nSPS) is 14.3. The number of aromatic nitrogens is 2. The van der Waals surface area contributed by atoms with Crippen molar-refractivity contribution >= 4 is 17.7 Å². The van der Waals surface area contributed by atoms with Crippen molar-refractivity contribution in [1.29, 1.82) is 0 Å². The summed E-state index contributed by atoms with van der Waals surface area (Å²) >= 11 is 1.81. The Balaban J connectivity index is 2.39. The predicted octanol–water partition coefficient (Wildman–Crippen LogP) is 0.902. The van der Waals surface area contributed by atoms with Crippen LogP contribution in [0.15, 0.2) is 0 Å². The van der Waals surface area contributed by atoms with Gasteiger partial charge in [0, 0.05) is 11.3 Å². The van der Waals surface area contributed by atoms with Crippen molar-refractivity contribution in [1.82, 2.24) is 9.97 Å². The molecule has 0 fully saturated rings. The van der Waals surface area contributed by atoms with Crippen LogP contribution in [0.25, 0.3) is 0 Å². The van der Waals surface area contributed by atoms with Crippen LogP contribution in [0.3, 0.4) is 0 Å². The number of rotatable bonds is 3. The van der Waals surface area contributed by atoms with E-state index in [4.69, 9.17) is 9.84 Å². The van der Waals surface area contributed by atoms with E-state index in [1.54, 1.807) is 7.11 Å². The lowest BCUT2D eigenvalue weighted by atomic mass is 10.2. The Hall–Kier alpha value is -1.30. The summed E-state index contributed by atoms with van der Waals surface area (Å²) in [7, 11) is 1.55. The van der Waals surface area contributed by atoms with Crippen molar-refractivity contribution in [2.45, 2.75) is 18.6 Å². The molecule has 0 saturated heterocycles. The SMILES string of the molecule is COc1nc(CC(=O)O)nc2c1CSCC2. The van der Waals surface area contributed by atoms with E-state index in [0.717, 1.165) is 29.2 Å². The number of nitrogens with zero attached hydrogens (tertiary/aromatic N) is 2. The summed E-state index contributed by atoms with van der Waals surface area (Å²) in [5, 5.41) is 8.71. The molecule has 0 aromatic carbocycles. The Labute approximate surface area is 97.2 Å². The van der Waals surface area contributed by atoms with Gasteiger partial charge in [0.05, 0.1) is 12.8 Å². The Morgan fingerprint density at radius 2 is 2.38 bits per heavy atom. The number of methoxy groups -OCH3 is 1. The standard InChI is InChI=1S/C10H12N2O3S/c1-15-10-6-5-16-3-2-7(6)11-8(12-10)4-9(13)14/h2-5H2,1H3,(H,13,14). The largest absolute Gasteiger partial charge is 0.481 e. The first kappa shape index (κ1) is 11.2. The van der Waals surface area contributed by atoms with Crippen LogP contribution in [-0.2, 0) is 23.4 Å². The number of ether oxygens (including phenoxy) is 1. The molecule has 0 aliphatic carbocycles. The van der Waals surface area contributed by atoms with Crippen molar-refractivity contribution in [3.05, 3.63) is 17.1 Å². The van der Waals surface area contributed by atoms with Crippen molar-refractivity contribution in [2.75, 3.05) is 12.9 Å². The van der Waals surface area contributed by atoms with Gasteiger partial charge in [-0.1, -0.05) is 0 Å². The summed E-state index contributed by atoms with van der Waals surface area (Å²) in [6.07, 6.45) is 0.697. The molecule has 16 heavy (non-hydrogen) atoms. The van der Waals surface area contributed by atoms with Crippen LogP contribution in [0.5, 0.6) is 5.88 Å². The number of hydrogen-bond acceptors (Lipinski definition) is 5. The average Bonchev–Trinajstić information content (AvgIpc) is 2.27. The van der Waals surface area contributed by atoms with Gasteiger partial charge in [-0.05, 0) is 12.2 Å². The molecule has 1 aromatic rings. The Kier molecular flexibility index (Phi) is 3.28. The maximum Gasteiger partial charge on any atom is 0.311 e. The van der Waals surface area contributed by atoms with Crippen LogP contribution >= 0.6 is 11.8 Å². The van der Waals surface area contributed by atoms with Gasteiger partial charge in [0.15, 0.2) is 0 Å². The summed E-state index contributed by atoms with van der Waals surface area (Å²) < 4.78 is 5.18. The maximum absolute atomic E-state index is 10.6. The minimum atomic E-state index is -0.924. The summed E-state index contributed by atoms with van der Waals surface area (Å²) in [5.74, 6) is 1.78. The van der Waals surface area contributed by atoms with Crippen molar-refractivity contribution in [3.63, 3.8) is 0 Å². The van der Waals surface area contributed by atoms with Gasteiger partial charge < -0.3 is 9.84 Å². The van der Waals surface area contributed by atoms with Crippen LogP contribution in [0.4, 0.5) is 0 Å². The Morgan fingerprint density at radius 3 is 3.06 bits per heavy atom. The molecule has 0 spiro atoms. The molecule has 5 nitrogen and oxygen atoms in total. The van der Waals surface area contributed by atoms with Gasteiger partial charge in [0.1, 0.15) is 12.2 Å². The van der Waals surface area contributed by atoms with E-state index in [9.17, 15) is 4.79 Å². The maximum atomic E-state index is 10.6. The number of fused-ring (bicyclic) bond motifs is 1. The van der Waals surface area contributed by atoms with E-state index in [0.29, 0.717) is 11.7 Å². The van der Waals surface area contributed by atoms with Gasteiger partial charge in [0.25, 0.3) is 0 Å². The monoisotopic (exact) mass is 240 g/mol. The first-order chi connectivity index (χ1) is 7.70. The van der Waals surface area contributed by atoms with Gasteiger partial charge in [0.2, 0.25) is 5.88 Å². The fraction of sp³-hybridized carbons (Fsp3) is 0.500. The topological polar surface area (TPSA) is 72.3 Å². The highest BCUT2D eigenvalue weighted by Crippen LogP contribution is 2.29. The second-order valence-electron chi connectivity index (χ2n) is 3.45. The Bertz CT molecular complexity index is 406. The molecule has 0 unspecified atom stereocenters. The molecule has 2 rings (SSSR count). The second-order valence-corrected chi connectivity index (χ2v) is 4.55. The molecule has 86 valence electrons.